The number of nitrogens with zero attached hydrogens (tertiary/aromatic N) is 4. The molecule has 0 radical (unpaired) electrons. The van der Waals surface area contributed by atoms with Crippen LogP contribution >= 0.6 is 22.9 Å². The number of methoxy groups -OCH3 is 1. The van der Waals surface area contributed by atoms with E-state index in [1.54, 1.807) is 11.6 Å². The van der Waals surface area contributed by atoms with Gasteiger partial charge in [-0.1, -0.05) is 17.7 Å². The van der Waals surface area contributed by atoms with E-state index in [0.29, 0.717) is 32.4 Å². The maximum Gasteiger partial charge on any atom is 0.408 e. The van der Waals surface area contributed by atoms with Crippen molar-refractivity contribution in [3.05, 3.63) is 87.0 Å². The van der Waals surface area contributed by atoms with Gasteiger partial charge in [-0.25, -0.2) is 23.6 Å². The minimum atomic E-state index is -2.91. The number of nitrogens with one attached hydrogen (secondary N) is 2. The summed E-state index contributed by atoms with van der Waals surface area (Å²) < 4.78 is 51.4. The van der Waals surface area contributed by atoms with Crippen molar-refractivity contribution in [2.75, 3.05) is 13.7 Å². The van der Waals surface area contributed by atoms with Gasteiger partial charge in [0.15, 0.2) is 10.8 Å². The Morgan fingerprint density at radius 3 is 2.85 bits per heavy atom. The van der Waals surface area contributed by atoms with Crippen molar-refractivity contribution in [1.82, 2.24) is 25.4 Å². The Hall–Kier alpha value is -4.17. The molecule has 0 unspecified atom stereocenters. The number of benzene rings is 1. The Morgan fingerprint density at radius 1 is 1.40 bits per heavy atom. The van der Waals surface area contributed by atoms with Crippen LogP contribution in [0, 0.1) is 5.82 Å². The number of thiazole rings is 1. The molecule has 0 bridgehead atoms. The summed E-state index contributed by atoms with van der Waals surface area (Å²) in [5.74, 6) is -0.912. The Balaban J connectivity index is 1.71. The van der Waals surface area contributed by atoms with E-state index in [0.717, 1.165) is 18.3 Å². The van der Waals surface area contributed by atoms with Crippen molar-refractivity contribution < 1.29 is 32.2 Å². The second-order valence-electron chi connectivity index (χ2n) is 8.75. The predicted molar refractivity (Wildman–Crippen MR) is 139 cm³/mol. The number of carbonyl (C=O) groups excluding carboxylic acids is 2. The number of ether oxygens (including phenoxy) is 2. The molecule has 2 atom stereocenters. The first kappa shape index (κ1) is 27.4. The van der Waals surface area contributed by atoms with Gasteiger partial charge < -0.3 is 20.1 Å². The van der Waals surface area contributed by atoms with Crippen LogP contribution in [0.15, 0.2) is 64.9 Å². The van der Waals surface area contributed by atoms with Crippen LogP contribution in [0.5, 0.6) is 0 Å². The third kappa shape index (κ3) is 5.58. The van der Waals surface area contributed by atoms with Gasteiger partial charge in [0, 0.05) is 52.1 Å². The molecule has 5 rings (SSSR count). The monoisotopic (exact) mass is 592 g/mol. The summed E-state index contributed by atoms with van der Waals surface area (Å²) in [7, 11) is 1.21. The number of cyclic esters (lactones) is 1. The molecule has 15 heteroatoms. The molecule has 4 heterocycles. The van der Waals surface area contributed by atoms with E-state index in [1.807, 2.05) is 0 Å². The molecule has 1 aromatic carbocycles. The van der Waals surface area contributed by atoms with Gasteiger partial charge in [0.05, 0.1) is 12.8 Å². The van der Waals surface area contributed by atoms with E-state index in [2.05, 4.69) is 25.5 Å². The Labute approximate surface area is 234 Å². The Kier molecular flexibility index (Phi) is 7.63. The lowest BCUT2D eigenvalue weighted by atomic mass is 9.86. The fourth-order valence-corrected chi connectivity index (χ4v) is 5.21. The maximum absolute atomic E-state index is 14.0. The minimum absolute atomic E-state index is 0.0250. The molecule has 10 nitrogen and oxygen atoms in total. The van der Waals surface area contributed by atoms with Gasteiger partial charge in [-0.3, -0.25) is 4.99 Å². The highest BCUT2D eigenvalue weighted by Crippen LogP contribution is 2.43. The average Bonchev–Trinajstić information content (AvgIpc) is 3.69. The molecule has 2 aliphatic heterocycles. The molecule has 1 amide bonds. The molecular weight excluding hydrogens is 573 g/mol. The van der Waals surface area contributed by atoms with Crippen molar-refractivity contribution in [3.8, 4) is 0 Å². The largest absolute Gasteiger partial charge is 0.466 e. The number of alkyl halides is 2. The summed E-state index contributed by atoms with van der Waals surface area (Å²) in [4.78, 5) is 33.2. The summed E-state index contributed by atoms with van der Waals surface area (Å²) in [6.07, 6.45) is 4.53. The van der Waals surface area contributed by atoms with Gasteiger partial charge in [0.1, 0.15) is 24.0 Å². The number of amides is 1. The zero-order chi connectivity index (χ0) is 28.4. The highest BCUT2D eigenvalue weighted by molar-refractivity contribution is 7.11. The van der Waals surface area contributed by atoms with Gasteiger partial charge in [-0.2, -0.15) is 13.9 Å². The lowest BCUT2D eigenvalue weighted by Gasteiger charge is -2.32. The summed E-state index contributed by atoms with van der Waals surface area (Å²) in [6, 6.07) is 4.23. The van der Waals surface area contributed by atoms with Crippen LogP contribution in [-0.2, 0) is 14.3 Å². The Bertz CT molecular complexity index is 1540. The molecule has 40 heavy (non-hydrogen) atoms. The summed E-state index contributed by atoms with van der Waals surface area (Å²) in [5, 5.41) is 12.3. The first-order valence-electron chi connectivity index (χ1n) is 11.7. The van der Waals surface area contributed by atoms with Crippen molar-refractivity contribution in [3.63, 3.8) is 0 Å². The van der Waals surface area contributed by atoms with Crippen molar-refractivity contribution in [1.29, 1.82) is 0 Å². The van der Waals surface area contributed by atoms with Crippen LogP contribution in [-0.4, -0.2) is 51.9 Å². The van der Waals surface area contributed by atoms with Crippen molar-refractivity contribution in [2.45, 2.75) is 24.6 Å². The summed E-state index contributed by atoms with van der Waals surface area (Å²) in [6.45, 7) is -3.07. The number of aliphatic imine (C=N–C) groups is 1. The van der Waals surface area contributed by atoms with Gasteiger partial charge >= 0.3 is 18.6 Å². The van der Waals surface area contributed by atoms with Crippen LogP contribution in [0.3, 0.4) is 0 Å². The van der Waals surface area contributed by atoms with Gasteiger partial charge in [0.2, 0.25) is 0 Å². The highest BCUT2D eigenvalue weighted by Gasteiger charge is 2.41. The second-order valence-corrected chi connectivity index (χ2v) is 10.1. The highest BCUT2D eigenvalue weighted by atomic mass is 35.5. The van der Waals surface area contributed by atoms with E-state index < -0.39 is 36.0 Å². The first-order chi connectivity index (χ1) is 19.2. The molecule has 2 N–H and O–H groups in total. The SMILES string of the molecule is COC(=O)/C=C/[C@]1(CC2=C(c3ccn(C(F)F)n3)[C@H](c3ccc(F)cc3Cl)N=C(c3nccs3)N2)COC(=O)N1. The number of halogens is 4. The van der Waals surface area contributed by atoms with E-state index in [-0.39, 0.29) is 23.7 Å². The number of alkyl carbamates (subject to hydrolysis) is 1. The first-order valence-corrected chi connectivity index (χ1v) is 12.9. The van der Waals surface area contributed by atoms with Crippen LogP contribution in [0.4, 0.5) is 18.0 Å². The fourth-order valence-electron chi connectivity index (χ4n) is 4.35. The van der Waals surface area contributed by atoms with E-state index >= 15 is 0 Å². The fraction of sp³-hybridized carbons (Fsp3) is 0.240. The molecular formula is C25H20ClF3N6O4S. The van der Waals surface area contributed by atoms with Crippen molar-refractivity contribution in [2.24, 2.45) is 4.99 Å². The molecule has 1 fully saturated rings. The zero-order valence-electron chi connectivity index (χ0n) is 20.6. The average molecular weight is 593 g/mol. The number of esters is 1. The van der Waals surface area contributed by atoms with Crippen LogP contribution < -0.4 is 10.6 Å². The molecule has 3 aromatic rings. The molecule has 0 saturated carbocycles. The minimum Gasteiger partial charge on any atom is -0.466 e. The predicted octanol–water partition coefficient (Wildman–Crippen LogP) is 4.63. The number of hydrogen-bond acceptors (Lipinski definition) is 9. The molecule has 2 aromatic heterocycles. The van der Waals surface area contributed by atoms with Crippen molar-refractivity contribution >= 4 is 46.4 Å². The number of aromatic nitrogens is 3. The third-order valence-corrected chi connectivity index (χ3v) is 7.25. The Morgan fingerprint density at radius 2 is 2.23 bits per heavy atom. The molecule has 1 saturated heterocycles. The summed E-state index contributed by atoms with van der Waals surface area (Å²) in [5.41, 5.74) is -0.00578. The van der Waals surface area contributed by atoms with Gasteiger partial charge in [-0.05, 0) is 24.3 Å². The topological polar surface area (TPSA) is 120 Å². The number of hydrogen-bond donors (Lipinski definition) is 2. The normalized spacial score (nSPS) is 20.9. The third-order valence-electron chi connectivity index (χ3n) is 6.15. The number of rotatable bonds is 8. The molecule has 2 aliphatic rings. The number of amidine groups is 1. The molecule has 0 spiro atoms. The lowest BCUT2D eigenvalue weighted by molar-refractivity contribution is -0.134. The maximum atomic E-state index is 14.0. The molecule has 0 aliphatic carbocycles. The second kappa shape index (κ2) is 11.1. The van der Waals surface area contributed by atoms with Crippen LogP contribution in [0.1, 0.15) is 35.3 Å². The van der Waals surface area contributed by atoms with Gasteiger partial charge in [0.25, 0.3) is 0 Å². The van der Waals surface area contributed by atoms with E-state index in [1.165, 1.54) is 42.7 Å². The lowest BCUT2D eigenvalue weighted by Crippen LogP contribution is -2.45. The van der Waals surface area contributed by atoms with Gasteiger partial charge in [-0.15, -0.1) is 11.3 Å². The zero-order valence-corrected chi connectivity index (χ0v) is 22.2. The molecule has 208 valence electrons. The number of carbonyl (C=O) groups is 2. The summed E-state index contributed by atoms with van der Waals surface area (Å²) >= 11 is 7.75. The van der Waals surface area contributed by atoms with Crippen LogP contribution in [0.25, 0.3) is 5.57 Å². The van der Waals surface area contributed by atoms with E-state index in [4.69, 9.17) is 21.3 Å². The quantitative estimate of drug-likeness (QED) is 0.289. The smallest absolute Gasteiger partial charge is 0.408 e. The van der Waals surface area contributed by atoms with Crippen LogP contribution in [0.2, 0.25) is 5.02 Å². The standard InChI is InChI=1S/C25H20ClF3N6O4S/c1-38-18(36)4-6-25(12-39-24(37)33-25)11-17-19(16-5-8-35(34-16)23(28)29)20(14-3-2-13(27)10-15(14)26)32-21(31-17)22-30-7-9-40-22/h2-10,20,23H,11-12H2,1H3,(H,31,32)(H,33,37)/b6-4+/t20-,25-/m0/s1. The van der Waals surface area contributed by atoms with E-state index in [9.17, 15) is 22.8 Å².